The average Bonchev–Trinajstić information content (AvgIpc) is 3.72. The van der Waals surface area contributed by atoms with Gasteiger partial charge in [0.05, 0.1) is 11.7 Å². The smallest absolute Gasteiger partial charge is 0.229 e. The van der Waals surface area contributed by atoms with Gasteiger partial charge >= 0.3 is 0 Å². The Labute approximate surface area is 230 Å². The fourth-order valence-corrected chi connectivity index (χ4v) is 10.2. The van der Waals surface area contributed by atoms with Gasteiger partial charge in [0, 0.05) is 22.2 Å². The minimum atomic E-state index is -0.0242. The zero-order chi connectivity index (χ0) is 25.8. The summed E-state index contributed by atoms with van der Waals surface area (Å²) in [4.78, 5) is 5.59. The highest BCUT2D eigenvalue weighted by Crippen LogP contribution is 2.78. The van der Waals surface area contributed by atoms with Crippen LogP contribution in [0.3, 0.4) is 0 Å². The van der Waals surface area contributed by atoms with E-state index in [0.29, 0.717) is 12.2 Å². The first-order chi connectivity index (χ1) is 18.8. The van der Waals surface area contributed by atoms with Gasteiger partial charge in [-0.1, -0.05) is 88.4 Å². The van der Waals surface area contributed by atoms with Crippen LogP contribution in [0.5, 0.6) is 0 Å². The van der Waals surface area contributed by atoms with E-state index in [1.807, 2.05) is 0 Å². The van der Waals surface area contributed by atoms with Crippen molar-refractivity contribution in [3.8, 4) is 0 Å². The predicted octanol–water partition coefficient (Wildman–Crippen LogP) is 5.39. The van der Waals surface area contributed by atoms with Crippen molar-refractivity contribution in [1.82, 2.24) is 0 Å². The van der Waals surface area contributed by atoms with E-state index in [2.05, 4.69) is 116 Å². The molecule has 11 rings (SSSR count). The molecular formula is C35H36N4+2. The molecular weight excluding hydrogens is 476 g/mol. The second-order valence-electron chi connectivity index (χ2n) is 15.0. The molecule has 6 saturated heterocycles. The molecule has 0 radical (unpaired) electrons. The van der Waals surface area contributed by atoms with Crippen molar-refractivity contribution < 1.29 is 8.97 Å². The molecule has 3 aromatic carbocycles. The van der Waals surface area contributed by atoms with Crippen molar-refractivity contribution in [1.29, 1.82) is 0 Å². The Morgan fingerprint density at radius 3 is 2.23 bits per heavy atom. The zero-order valence-electron chi connectivity index (χ0n) is 23.3. The van der Waals surface area contributed by atoms with Crippen LogP contribution >= 0.6 is 0 Å². The molecule has 4 heteroatoms. The van der Waals surface area contributed by atoms with Gasteiger partial charge in [-0.3, -0.25) is 13.9 Å². The number of hydrogen-bond donors (Lipinski definition) is 0. The molecule has 8 aliphatic heterocycles. The number of benzene rings is 3. The van der Waals surface area contributed by atoms with E-state index in [9.17, 15) is 0 Å². The lowest BCUT2D eigenvalue weighted by Gasteiger charge is -2.31. The molecule has 9 atom stereocenters. The van der Waals surface area contributed by atoms with E-state index in [-0.39, 0.29) is 10.8 Å². The number of hydrogen-bond acceptors (Lipinski definition) is 2. The van der Waals surface area contributed by atoms with E-state index in [4.69, 9.17) is 0 Å². The molecule has 39 heavy (non-hydrogen) atoms. The number of nitrogens with zero attached hydrogens (tertiary/aromatic N) is 4. The molecule has 0 saturated carbocycles. The van der Waals surface area contributed by atoms with Gasteiger partial charge in [-0.25, -0.2) is 0 Å². The van der Waals surface area contributed by atoms with E-state index < -0.39 is 0 Å². The summed E-state index contributed by atoms with van der Waals surface area (Å²) in [6, 6.07) is 27.2. The summed E-state index contributed by atoms with van der Waals surface area (Å²) in [5.41, 5.74) is 7.55. The van der Waals surface area contributed by atoms with Crippen LogP contribution in [-0.2, 0) is 10.8 Å². The summed E-state index contributed by atoms with van der Waals surface area (Å²) in [5, 5.41) is 2.78. The van der Waals surface area contributed by atoms with Crippen LogP contribution in [0.2, 0.25) is 0 Å². The highest BCUT2D eigenvalue weighted by atomic mass is 15.9. The number of allylic oxidation sites excluding steroid dienone is 3. The highest BCUT2D eigenvalue weighted by molar-refractivity contribution is 5.95. The molecule has 8 aliphatic rings. The maximum absolute atomic E-state index is 2.82. The summed E-state index contributed by atoms with van der Waals surface area (Å²) < 4.78 is 2.79. The second-order valence-corrected chi connectivity index (χ2v) is 15.0. The second kappa shape index (κ2) is 5.70. The third-order valence-corrected chi connectivity index (χ3v) is 12.8. The quantitative estimate of drug-likeness (QED) is 0.342. The fourth-order valence-electron chi connectivity index (χ4n) is 10.2. The van der Waals surface area contributed by atoms with Gasteiger partial charge < -0.3 is 4.90 Å². The minimum Gasteiger partial charge on any atom is -0.310 e. The SMILES string of the molecule is CC1(C)/C(=C/C=C/C2N(C3C4C5C[N+]543)c3ccccc3C2(C)C)N(C2C3C4C[N+]432)c2ccc3ccccc3c21. The maximum Gasteiger partial charge on any atom is 0.229 e. The van der Waals surface area contributed by atoms with Gasteiger partial charge in [0.1, 0.15) is 13.1 Å². The summed E-state index contributed by atoms with van der Waals surface area (Å²) in [7, 11) is 0. The topological polar surface area (TPSA) is 6.48 Å². The zero-order valence-corrected chi connectivity index (χ0v) is 23.3. The van der Waals surface area contributed by atoms with E-state index in [1.165, 1.54) is 61.0 Å². The maximum atomic E-state index is 2.82. The Bertz CT molecular complexity index is 1770. The van der Waals surface area contributed by atoms with Crippen LogP contribution in [0.25, 0.3) is 10.8 Å². The summed E-state index contributed by atoms with van der Waals surface area (Å²) >= 11 is 0. The van der Waals surface area contributed by atoms with Gasteiger partial charge in [-0.2, -0.15) is 0 Å². The van der Waals surface area contributed by atoms with Crippen LogP contribution in [0.4, 0.5) is 11.4 Å². The molecule has 0 N–H and O–H groups in total. The lowest BCUT2D eigenvalue weighted by atomic mass is 9.79. The largest absolute Gasteiger partial charge is 0.310 e. The van der Waals surface area contributed by atoms with Crippen molar-refractivity contribution in [2.75, 3.05) is 22.9 Å². The molecule has 0 aromatic heterocycles. The van der Waals surface area contributed by atoms with E-state index >= 15 is 0 Å². The van der Waals surface area contributed by atoms with E-state index in [0.717, 1.165) is 30.3 Å². The summed E-state index contributed by atoms with van der Waals surface area (Å²) in [5.74, 6) is 0. The Balaban J connectivity index is 1.02. The molecule has 6 fully saturated rings. The standard InChI is InChI=1S/C35H36N4/c1-34(2)22-12-7-8-13-23(22)36(32-30-25-18-38(25,30)32)27(34)14-9-15-28-35(3,4)29-21-11-6-5-10-20(21)16-17-24(29)37(28)33-31-26-19-39(26,31)33/h5-17,25-27,30-33H,18-19H2,1-4H3/q+2/b14-9+,28-15-. The number of anilines is 2. The number of rotatable bonds is 4. The molecule has 9 unspecified atom stereocenters. The van der Waals surface area contributed by atoms with Crippen molar-refractivity contribution in [2.45, 2.75) is 81.1 Å². The Morgan fingerprint density at radius 1 is 0.795 bits per heavy atom. The van der Waals surface area contributed by atoms with Crippen molar-refractivity contribution in [2.24, 2.45) is 0 Å². The first kappa shape index (κ1) is 20.8. The molecule has 0 aliphatic carbocycles. The summed E-state index contributed by atoms with van der Waals surface area (Å²) in [6.07, 6.45) is 8.88. The number of quaternary nitrogens is 2. The number of fused-ring (bicyclic) bond motifs is 6. The van der Waals surface area contributed by atoms with Crippen LogP contribution in [-0.4, -0.2) is 64.6 Å². The molecule has 2 spiro atoms. The molecule has 8 heterocycles. The first-order valence-corrected chi connectivity index (χ1v) is 15.2. The highest BCUT2D eigenvalue weighted by Gasteiger charge is 3.07. The minimum absolute atomic E-state index is 0.0242. The normalized spacial score (nSPS) is 45.4. The van der Waals surface area contributed by atoms with Crippen molar-refractivity contribution >= 4 is 22.1 Å². The Kier molecular flexibility index (Phi) is 3.04. The Hall–Kier alpha value is -3.08. The third-order valence-electron chi connectivity index (χ3n) is 12.8. The van der Waals surface area contributed by atoms with Crippen LogP contribution < -0.4 is 9.80 Å². The van der Waals surface area contributed by atoms with Gasteiger partial charge in [0.2, 0.25) is 36.5 Å². The monoisotopic (exact) mass is 512 g/mol. The molecule has 194 valence electrons. The van der Waals surface area contributed by atoms with Crippen molar-refractivity contribution in [3.05, 3.63) is 95.7 Å². The predicted molar refractivity (Wildman–Crippen MR) is 155 cm³/mol. The Morgan fingerprint density at radius 2 is 1.49 bits per heavy atom. The van der Waals surface area contributed by atoms with Gasteiger partial charge in [-0.05, 0) is 40.1 Å². The first-order valence-electron chi connectivity index (χ1n) is 15.2. The lowest BCUT2D eigenvalue weighted by molar-refractivity contribution is -0.605. The molecule has 0 bridgehead atoms. The van der Waals surface area contributed by atoms with Crippen LogP contribution in [0.15, 0.2) is 84.6 Å². The summed E-state index contributed by atoms with van der Waals surface area (Å²) in [6.45, 7) is 12.7. The van der Waals surface area contributed by atoms with Gasteiger partial charge in [0.25, 0.3) is 0 Å². The number of para-hydroxylation sites is 1. The molecule has 0 amide bonds. The van der Waals surface area contributed by atoms with E-state index in [1.54, 1.807) is 0 Å². The van der Waals surface area contributed by atoms with Crippen LogP contribution in [0.1, 0.15) is 38.8 Å². The molecule has 4 nitrogen and oxygen atoms in total. The molecule has 3 aromatic rings. The van der Waals surface area contributed by atoms with Gasteiger partial charge in [0.15, 0.2) is 0 Å². The third kappa shape index (κ3) is 2.05. The lowest BCUT2D eigenvalue weighted by Crippen LogP contribution is -2.45. The van der Waals surface area contributed by atoms with Gasteiger partial charge in [-0.15, -0.1) is 0 Å². The van der Waals surface area contributed by atoms with Crippen molar-refractivity contribution in [3.63, 3.8) is 0 Å². The average molecular weight is 513 g/mol. The fraction of sp³-hybridized carbons (Fsp3) is 0.429. The van der Waals surface area contributed by atoms with Crippen LogP contribution in [0, 0.1) is 0 Å².